The molecule has 1 aliphatic heterocycles. The molecular weight excluding hydrogens is 535 g/mol. The van der Waals surface area contributed by atoms with Crippen LogP contribution >= 0.6 is 35.3 Å². The lowest BCUT2D eigenvalue weighted by atomic mass is 9.88. The summed E-state index contributed by atoms with van der Waals surface area (Å²) in [5.74, 6) is 1.77. The normalized spacial score (nSPS) is 19.2. The Balaban J connectivity index is 0.00000363. The number of amides is 1. The van der Waals surface area contributed by atoms with E-state index in [1.165, 1.54) is 17.7 Å². The Morgan fingerprint density at radius 3 is 2.84 bits per heavy atom. The van der Waals surface area contributed by atoms with Crippen LogP contribution in [-0.4, -0.2) is 55.0 Å². The molecule has 3 rings (SSSR count). The van der Waals surface area contributed by atoms with E-state index in [2.05, 4.69) is 57.3 Å². The lowest BCUT2D eigenvalue weighted by Crippen LogP contribution is -2.40. The van der Waals surface area contributed by atoms with Crippen LogP contribution in [0, 0.1) is 12.8 Å². The fourth-order valence-corrected chi connectivity index (χ4v) is 4.93. The molecule has 1 aliphatic rings. The molecule has 1 saturated heterocycles. The Labute approximate surface area is 212 Å². The van der Waals surface area contributed by atoms with Crippen molar-refractivity contribution in [2.75, 3.05) is 38.5 Å². The topological polar surface area (TPSA) is 81.7 Å². The number of guanidine groups is 1. The highest BCUT2D eigenvalue weighted by Gasteiger charge is 2.31. The standard InChI is InChI=1S/C23H34N6OS.HI/c1-4-24-23(25-12-11-21(30)28-20-10-9-17(2)15-26-20)27-16-18-7-5-13-29(3)22(18)19-8-6-14-31-19;/h6,8-10,14-15,18,22H,4-5,7,11-13,16H2,1-3H3,(H2,24,25,27)(H,26,28,30);1H. The maximum atomic E-state index is 12.2. The number of carbonyl (C=O) groups excluding carboxylic acids is 1. The summed E-state index contributed by atoms with van der Waals surface area (Å²) in [5.41, 5.74) is 1.07. The van der Waals surface area contributed by atoms with Crippen LogP contribution in [0.25, 0.3) is 0 Å². The van der Waals surface area contributed by atoms with E-state index >= 15 is 0 Å². The van der Waals surface area contributed by atoms with Crippen LogP contribution < -0.4 is 16.0 Å². The number of halogens is 1. The predicted octanol–water partition coefficient (Wildman–Crippen LogP) is 4.04. The third kappa shape index (κ3) is 8.00. The van der Waals surface area contributed by atoms with Gasteiger partial charge < -0.3 is 16.0 Å². The molecule has 32 heavy (non-hydrogen) atoms. The lowest BCUT2D eigenvalue weighted by molar-refractivity contribution is -0.116. The Kier molecular flexibility index (Phi) is 11.4. The molecule has 0 saturated carbocycles. The Morgan fingerprint density at radius 2 is 2.16 bits per heavy atom. The zero-order valence-corrected chi connectivity index (χ0v) is 22.3. The van der Waals surface area contributed by atoms with Gasteiger partial charge in [-0.1, -0.05) is 12.1 Å². The average molecular weight is 571 g/mol. The molecule has 3 N–H and O–H groups in total. The Hall–Kier alpha value is -1.72. The molecule has 7 nitrogen and oxygen atoms in total. The van der Waals surface area contributed by atoms with Crippen LogP contribution in [0.5, 0.6) is 0 Å². The van der Waals surface area contributed by atoms with E-state index in [9.17, 15) is 4.79 Å². The monoisotopic (exact) mass is 570 g/mol. The zero-order chi connectivity index (χ0) is 22.1. The summed E-state index contributed by atoms with van der Waals surface area (Å²) >= 11 is 1.83. The highest BCUT2D eigenvalue weighted by molar-refractivity contribution is 14.0. The number of piperidine rings is 1. The molecule has 0 radical (unpaired) electrons. The fraction of sp³-hybridized carbons (Fsp3) is 0.522. The molecule has 3 heterocycles. The van der Waals surface area contributed by atoms with Gasteiger partial charge in [-0.05, 0) is 69.3 Å². The number of rotatable bonds is 8. The van der Waals surface area contributed by atoms with Crippen molar-refractivity contribution in [3.05, 3.63) is 46.3 Å². The molecule has 2 unspecified atom stereocenters. The summed E-state index contributed by atoms with van der Waals surface area (Å²) in [6.45, 7) is 7.22. The molecule has 176 valence electrons. The summed E-state index contributed by atoms with van der Waals surface area (Å²) in [6.07, 6.45) is 4.48. The highest BCUT2D eigenvalue weighted by atomic mass is 127. The molecular formula is C23H35IN6OS. The Morgan fingerprint density at radius 1 is 1.31 bits per heavy atom. The molecule has 2 atom stereocenters. The van der Waals surface area contributed by atoms with Crippen molar-refractivity contribution in [1.82, 2.24) is 20.5 Å². The number of thiophene rings is 1. The SMILES string of the molecule is CCNC(=NCC1CCCN(C)C1c1cccs1)NCCC(=O)Nc1ccc(C)cn1.I. The van der Waals surface area contributed by atoms with E-state index in [1.807, 2.05) is 30.4 Å². The first-order chi connectivity index (χ1) is 15.1. The van der Waals surface area contributed by atoms with Crippen LogP contribution in [0.3, 0.4) is 0 Å². The molecule has 1 amide bonds. The molecule has 0 aromatic carbocycles. The number of anilines is 1. The van der Waals surface area contributed by atoms with Crippen molar-refractivity contribution < 1.29 is 4.79 Å². The number of hydrogen-bond donors (Lipinski definition) is 3. The molecule has 0 spiro atoms. The van der Waals surface area contributed by atoms with Gasteiger partial charge in [0.15, 0.2) is 5.96 Å². The lowest BCUT2D eigenvalue weighted by Gasteiger charge is -2.38. The molecule has 9 heteroatoms. The van der Waals surface area contributed by atoms with Gasteiger partial charge in [0.1, 0.15) is 5.82 Å². The fourth-order valence-electron chi connectivity index (χ4n) is 3.95. The van der Waals surface area contributed by atoms with Crippen LogP contribution in [-0.2, 0) is 4.79 Å². The molecule has 0 aliphatic carbocycles. The Bertz CT molecular complexity index is 843. The van der Waals surface area contributed by atoms with Gasteiger partial charge in [-0.25, -0.2) is 4.98 Å². The number of pyridine rings is 1. The number of carbonyl (C=O) groups is 1. The van der Waals surface area contributed by atoms with Crippen molar-refractivity contribution in [1.29, 1.82) is 0 Å². The smallest absolute Gasteiger partial charge is 0.227 e. The third-order valence-electron chi connectivity index (χ3n) is 5.49. The number of likely N-dealkylation sites (tertiary alicyclic amines) is 1. The molecule has 2 aromatic heterocycles. The summed E-state index contributed by atoms with van der Waals surface area (Å²) in [4.78, 5) is 25.1. The number of nitrogens with zero attached hydrogens (tertiary/aromatic N) is 3. The molecule has 2 aromatic rings. The van der Waals surface area contributed by atoms with Crippen molar-refractivity contribution in [3.63, 3.8) is 0 Å². The van der Waals surface area contributed by atoms with Crippen LogP contribution in [0.15, 0.2) is 40.8 Å². The van der Waals surface area contributed by atoms with Gasteiger partial charge in [0.2, 0.25) is 5.91 Å². The number of hydrogen-bond acceptors (Lipinski definition) is 5. The van der Waals surface area contributed by atoms with Crippen LogP contribution in [0.4, 0.5) is 5.82 Å². The van der Waals surface area contributed by atoms with Crippen molar-refractivity contribution in [2.24, 2.45) is 10.9 Å². The summed E-state index contributed by atoms with van der Waals surface area (Å²) in [7, 11) is 2.21. The van der Waals surface area contributed by atoms with Crippen molar-refractivity contribution >= 4 is 53.0 Å². The second-order valence-electron chi connectivity index (χ2n) is 8.01. The van der Waals surface area contributed by atoms with E-state index in [-0.39, 0.29) is 29.9 Å². The second-order valence-corrected chi connectivity index (χ2v) is 8.99. The quantitative estimate of drug-likeness (QED) is 0.254. The largest absolute Gasteiger partial charge is 0.357 e. The van der Waals surface area contributed by atoms with Gasteiger partial charge in [-0.2, -0.15) is 0 Å². The van der Waals surface area contributed by atoms with E-state index in [0.717, 1.165) is 31.2 Å². The summed E-state index contributed by atoms with van der Waals surface area (Å²) in [5, 5.41) is 11.6. The van der Waals surface area contributed by atoms with Crippen LogP contribution in [0.1, 0.15) is 42.7 Å². The third-order valence-corrected chi connectivity index (χ3v) is 6.44. The van der Waals surface area contributed by atoms with Gasteiger partial charge in [-0.15, -0.1) is 35.3 Å². The minimum Gasteiger partial charge on any atom is -0.357 e. The first-order valence-electron chi connectivity index (χ1n) is 11.0. The minimum atomic E-state index is -0.0635. The van der Waals surface area contributed by atoms with E-state index < -0.39 is 0 Å². The number of aromatic nitrogens is 1. The molecule has 0 bridgehead atoms. The first-order valence-corrected chi connectivity index (χ1v) is 11.9. The number of aliphatic imine (C=N–C) groups is 1. The van der Waals surface area contributed by atoms with Gasteiger partial charge >= 0.3 is 0 Å². The van der Waals surface area contributed by atoms with Gasteiger partial charge in [0.05, 0.1) is 0 Å². The van der Waals surface area contributed by atoms with Gasteiger partial charge in [0.25, 0.3) is 0 Å². The van der Waals surface area contributed by atoms with Crippen molar-refractivity contribution in [3.8, 4) is 0 Å². The number of nitrogens with one attached hydrogen (secondary N) is 3. The highest BCUT2D eigenvalue weighted by Crippen LogP contribution is 2.37. The summed E-state index contributed by atoms with van der Waals surface area (Å²) < 4.78 is 0. The summed E-state index contributed by atoms with van der Waals surface area (Å²) in [6, 6.07) is 8.54. The zero-order valence-electron chi connectivity index (χ0n) is 19.1. The molecule has 1 fully saturated rings. The van der Waals surface area contributed by atoms with Crippen LogP contribution in [0.2, 0.25) is 0 Å². The van der Waals surface area contributed by atoms with Gasteiger partial charge in [0, 0.05) is 43.2 Å². The first kappa shape index (κ1) is 26.5. The van der Waals surface area contributed by atoms with E-state index in [4.69, 9.17) is 4.99 Å². The van der Waals surface area contributed by atoms with Gasteiger partial charge in [-0.3, -0.25) is 14.7 Å². The predicted molar refractivity (Wildman–Crippen MR) is 144 cm³/mol. The van der Waals surface area contributed by atoms with E-state index in [1.54, 1.807) is 6.20 Å². The maximum absolute atomic E-state index is 12.2. The maximum Gasteiger partial charge on any atom is 0.227 e. The van der Waals surface area contributed by atoms with Crippen molar-refractivity contribution in [2.45, 2.75) is 39.2 Å². The average Bonchev–Trinajstić information content (AvgIpc) is 3.28. The number of aryl methyl sites for hydroxylation is 1. The minimum absolute atomic E-state index is 0. The van der Waals surface area contributed by atoms with E-state index in [0.29, 0.717) is 30.7 Å². The second kappa shape index (κ2) is 13.7.